The number of pyridine rings is 1. The number of esters is 1. The number of methoxy groups -OCH3 is 1. The number of rotatable bonds is 1. The molecule has 0 aliphatic rings. The van der Waals surface area contributed by atoms with E-state index < -0.39 is 28.5 Å². The van der Waals surface area contributed by atoms with Crippen molar-refractivity contribution >= 4 is 17.6 Å². The van der Waals surface area contributed by atoms with Crippen molar-refractivity contribution in [2.75, 3.05) is 7.11 Å². The second kappa shape index (κ2) is 3.66. The zero-order valence-corrected chi connectivity index (χ0v) is 7.23. The summed E-state index contributed by atoms with van der Waals surface area (Å²) in [5.41, 5.74) is -0.631. The Kier molecular flexibility index (Phi) is 2.77. The third kappa shape index (κ3) is 1.92. The molecule has 0 atom stereocenters. The highest BCUT2D eigenvalue weighted by atomic mass is 35.5. The molecule has 13 heavy (non-hydrogen) atoms. The molecule has 1 heterocycles. The second-order valence-corrected chi connectivity index (χ2v) is 2.44. The Balaban J connectivity index is 3.23. The predicted molar refractivity (Wildman–Crippen MR) is 40.5 cm³/mol. The summed E-state index contributed by atoms with van der Waals surface area (Å²) in [7, 11) is 1.06. The van der Waals surface area contributed by atoms with Gasteiger partial charge in [0.25, 0.3) is 0 Å². The van der Waals surface area contributed by atoms with Crippen molar-refractivity contribution < 1.29 is 18.3 Å². The van der Waals surface area contributed by atoms with E-state index in [1.807, 2.05) is 0 Å². The van der Waals surface area contributed by atoms with Crippen molar-refractivity contribution in [1.82, 2.24) is 4.98 Å². The lowest BCUT2D eigenvalue weighted by atomic mass is 10.3. The van der Waals surface area contributed by atoms with Crippen LogP contribution in [0.5, 0.6) is 0 Å². The maximum atomic E-state index is 12.8. The number of aromatic nitrogens is 1. The van der Waals surface area contributed by atoms with Gasteiger partial charge < -0.3 is 4.74 Å². The predicted octanol–water partition coefficient (Wildman–Crippen LogP) is 1.80. The summed E-state index contributed by atoms with van der Waals surface area (Å²) in [6, 6.07) is 0.474. The number of ether oxygens (including phenoxy) is 1. The summed E-state index contributed by atoms with van der Waals surface area (Å²) < 4.78 is 29.5. The second-order valence-electron chi connectivity index (χ2n) is 2.08. The van der Waals surface area contributed by atoms with Gasteiger partial charge in [0.05, 0.1) is 7.11 Å². The van der Waals surface area contributed by atoms with Crippen LogP contribution in [-0.4, -0.2) is 18.1 Å². The van der Waals surface area contributed by atoms with E-state index in [0.29, 0.717) is 6.07 Å². The molecule has 6 heteroatoms. The Morgan fingerprint density at radius 3 is 2.69 bits per heavy atom. The Labute approximate surface area is 77.3 Å². The number of halogens is 3. The van der Waals surface area contributed by atoms with Crippen molar-refractivity contribution in [2.24, 2.45) is 0 Å². The monoisotopic (exact) mass is 207 g/mol. The van der Waals surface area contributed by atoms with E-state index in [1.165, 1.54) is 0 Å². The first-order valence-electron chi connectivity index (χ1n) is 3.16. The fraction of sp³-hybridized carbons (Fsp3) is 0.143. The van der Waals surface area contributed by atoms with Crippen LogP contribution in [0.15, 0.2) is 6.07 Å². The van der Waals surface area contributed by atoms with Gasteiger partial charge in [-0.15, -0.1) is 0 Å². The molecule has 1 aromatic rings. The van der Waals surface area contributed by atoms with Crippen LogP contribution in [0.2, 0.25) is 5.15 Å². The average molecular weight is 208 g/mol. The van der Waals surface area contributed by atoms with Gasteiger partial charge >= 0.3 is 5.97 Å². The van der Waals surface area contributed by atoms with E-state index in [0.717, 1.165) is 7.11 Å². The highest BCUT2D eigenvalue weighted by Gasteiger charge is 2.17. The molecular weight excluding hydrogens is 204 g/mol. The first-order valence-corrected chi connectivity index (χ1v) is 3.54. The van der Waals surface area contributed by atoms with Gasteiger partial charge in [0, 0.05) is 6.07 Å². The molecule has 1 aromatic heterocycles. The van der Waals surface area contributed by atoms with Crippen LogP contribution in [0.3, 0.4) is 0 Å². The number of hydrogen-bond acceptors (Lipinski definition) is 3. The Morgan fingerprint density at radius 1 is 1.54 bits per heavy atom. The summed E-state index contributed by atoms with van der Waals surface area (Å²) >= 11 is 5.23. The molecule has 0 amide bonds. The highest BCUT2D eigenvalue weighted by Crippen LogP contribution is 2.15. The minimum absolute atomic E-state index is 0.474. The lowest BCUT2D eigenvalue weighted by molar-refractivity contribution is 0.0588. The lowest BCUT2D eigenvalue weighted by Crippen LogP contribution is -2.08. The van der Waals surface area contributed by atoms with E-state index in [2.05, 4.69) is 9.72 Å². The third-order valence-corrected chi connectivity index (χ3v) is 1.53. The third-order valence-electron chi connectivity index (χ3n) is 1.27. The van der Waals surface area contributed by atoms with E-state index in [-0.39, 0.29) is 0 Å². The topological polar surface area (TPSA) is 39.2 Å². The Hall–Kier alpha value is -1.23. The fourth-order valence-electron chi connectivity index (χ4n) is 0.684. The fourth-order valence-corrected chi connectivity index (χ4v) is 0.823. The van der Waals surface area contributed by atoms with Crippen LogP contribution in [0.25, 0.3) is 0 Å². The molecule has 0 bridgehead atoms. The molecule has 1 rings (SSSR count). The molecule has 0 N–H and O–H groups in total. The lowest BCUT2D eigenvalue weighted by Gasteiger charge is -2.00. The van der Waals surface area contributed by atoms with E-state index in [9.17, 15) is 13.6 Å². The van der Waals surface area contributed by atoms with Gasteiger partial charge in [-0.05, 0) is 0 Å². The summed E-state index contributed by atoms with van der Waals surface area (Å²) in [5.74, 6) is -3.13. The molecule has 70 valence electrons. The highest BCUT2D eigenvalue weighted by molar-refractivity contribution is 6.29. The van der Waals surface area contributed by atoms with Crippen LogP contribution in [0.4, 0.5) is 8.78 Å². The number of hydrogen-bond donors (Lipinski definition) is 0. The van der Waals surface area contributed by atoms with Crippen molar-refractivity contribution in [1.29, 1.82) is 0 Å². The largest absolute Gasteiger partial charge is 0.464 e. The van der Waals surface area contributed by atoms with Crippen LogP contribution in [-0.2, 0) is 4.74 Å². The smallest absolute Gasteiger partial charge is 0.359 e. The van der Waals surface area contributed by atoms with Gasteiger partial charge in [0.1, 0.15) is 0 Å². The summed E-state index contributed by atoms with van der Waals surface area (Å²) in [5, 5.41) is -0.568. The van der Waals surface area contributed by atoms with E-state index in [4.69, 9.17) is 11.6 Å². The van der Waals surface area contributed by atoms with Crippen molar-refractivity contribution in [3.05, 3.63) is 28.5 Å². The molecule has 0 unspecified atom stereocenters. The molecule has 0 radical (unpaired) electrons. The molecule has 0 saturated carbocycles. The zero-order valence-electron chi connectivity index (χ0n) is 6.47. The van der Waals surface area contributed by atoms with Gasteiger partial charge in [0.2, 0.25) is 0 Å². The van der Waals surface area contributed by atoms with E-state index >= 15 is 0 Å². The normalized spacial score (nSPS) is 9.85. The van der Waals surface area contributed by atoms with Gasteiger partial charge in [-0.2, -0.15) is 0 Å². The summed E-state index contributed by atoms with van der Waals surface area (Å²) in [6.45, 7) is 0. The molecule has 0 aliphatic heterocycles. The molecule has 0 aromatic carbocycles. The van der Waals surface area contributed by atoms with Crippen LogP contribution in [0.1, 0.15) is 10.5 Å². The standard InChI is InChI=1S/C7H4ClF2NO2/c1-13-7(12)5-3(9)2-4(10)6(8)11-5/h2H,1H3. The molecular formula is C7H4ClF2NO2. The molecule has 0 aliphatic carbocycles. The first-order chi connectivity index (χ1) is 6.06. The average Bonchev–Trinajstić information content (AvgIpc) is 2.10. The number of nitrogens with zero attached hydrogens (tertiary/aromatic N) is 1. The maximum absolute atomic E-state index is 12.8. The summed E-state index contributed by atoms with van der Waals surface area (Å²) in [4.78, 5) is 14.0. The number of carbonyl (C=O) groups is 1. The van der Waals surface area contributed by atoms with Crippen LogP contribution in [0, 0.1) is 11.6 Å². The molecule has 0 fully saturated rings. The van der Waals surface area contributed by atoms with Gasteiger partial charge in [0.15, 0.2) is 22.5 Å². The SMILES string of the molecule is COC(=O)c1nc(Cl)c(F)cc1F. The van der Waals surface area contributed by atoms with Crippen molar-refractivity contribution in [3.8, 4) is 0 Å². The Morgan fingerprint density at radius 2 is 2.15 bits per heavy atom. The van der Waals surface area contributed by atoms with Crippen molar-refractivity contribution in [2.45, 2.75) is 0 Å². The molecule has 0 saturated heterocycles. The summed E-state index contributed by atoms with van der Waals surface area (Å²) in [6.07, 6.45) is 0. The minimum Gasteiger partial charge on any atom is -0.464 e. The minimum atomic E-state index is -1.10. The first kappa shape index (κ1) is 9.85. The van der Waals surface area contributed by atoms with Gasteiger partial charge in [-0.1, -0.05) is 11.6 Å². The van der Waals surface area contributed by atoms with Crippen LogP contribution < -0.4 is 0 Å². The number of carbonyl (C=O) groups excluding carboxylic acids is 1. The van der Waals surface area contributed by atoms with E-state index in [1.54, 1.807) is 0 Å². The van der Waals surface area contributed by atoms with Crippen molar-refractivity contribution in [3.63, 3.8) is 0 Å². The quantitative estimate of drug-likeness (QED) is 0.521. The molecule has 0 spiro atoms. The maximum Gasteiger partial charge on any atom is 0.359 e. The van der Waals surface area contributed by atoms with Gasteiger partial charge in [-0.25, -0.2) is 18.6 Å². The zero-order chi connectivity index (χ0) is 10.0. The van der Waals surface area contributed by atoms with Crippen LogP contribution >= 0.6 is 11.6 Å². The molecule has 3 nitrogen and oxygen atoms in total. The van der Waals surface area contributed by atoms with Gasteiger partial charge in [-0.3, -0.25) is 0 Å². The Bertz CT molecular complexity index is 357.